The van der Waals surface area contributed by atoms with E-state index in [1.165, 1.54) is 4.90 Å². The third kappa shape index (κ3) is 11.9. The van der Waals surface area contributed by atoms with Crippen molar-refractivity contribution in [3.05, 3.63) is 109 Å². The van der Waals surface area contributed by atoms with Crippen LogP contribution in [0.5, 0.6) is 0 Å². The number of amides is 5. The van der Waals surface area contributed by atoms with Crippen LogP contribution in [0.2, 0.25) is 0 Å². The molecule has 16 nitrogen and oxygen atoms in total. The highest BCUT2D eigenvalue weighted by Gasteiger charge is 2.68. The summed E-state index contributed by atoms with van der Waals surface area (Å²) in [7, 11) is -0.552. The topological polar surface area (TPSA) is 185 Å². The largest absolute Gasteiger partial charge is 0.481 e. The van der Waals surface area contributed by atoms with Crippen molar-refractivity contribution in [2.24, 2.45) is 17.3 Å². The van der Waals surface area contributed by atoms with Gasteiger partial charge in [0.15, 0.2) is 0 Å². The Morgan fingerprint density at radius 2 is 1.19 bits per heavy atom. The van der Waals surface area contributed by atoms with Crippen molar-refractivity contribution in [3.8, 4) is 0 Å². The lowest BCUT2D eigenvalue weighted by molar-refractivity contribution is -0.199. The van der Waals surface area contributed by atoms with Gasteiger partial charge in [0.05, 0.1) is 30.7 Å². The number of ether oxygens (including phenoxy) is 2. The molecule has 5 amide bonds. The summed E-state index contributed by atoms with van der Waals surface area (Å²) in [4.78, 5) is 83.1. The molecule has 3 saturated carbocycles. The van der Waals surface area contributed by atoms with E-state index in [2.05, 4.69) is 45.8 Å². The number of unbranched alkanes of at least 4 members (excludes halogenated alkanes) is 4. The molecule has 2 aromatic rings. The number of benzene rings is 2. The number of carbonyl (C=O) groups excluding carboxylic acids is 5. The van der Waals surface area contributed by atoms with Crippen LogP contribution in [0.4, 0.5) is 9.59 Å². The number of aliphatic carboxylic acids is 1. The van der Waals surface area contributed by atoms with Gasteiger partial charge in [0.2, 0.25) is 17.7 Å². The number of carbonyl (C=O) groups is 6. The normalized spacial score (nSPS) is 27.1. The van der Waals surface area contributed by atoms with Gasteiger partial charge in [-0.1, -0.05) is 99.9 Å². The molecule has 8 aliphatic rings. The molecule has 74 heavy (non-hydrogen) atoms. The molecule has 9 atom stereocenters. The Bertz CT molecular complexity index is 2380. The molecule has 1 unspecified atom stereocenters. The van der Waals surface area contributed by atoms with E-state index in [1.54, 1.807) is 26.9 Å². The SMILES string of the molecule is C=CCCC(=O)N1C[C@H](OC(=O)N2Cc3ccccc3C2)C[C@H]1C(=O)O.C=CCCCCCC[C@H](NC(=O)[C@@H]1C[C@@H](OC(=O)N2Cc3ccccc3C2)CN1C(=O)CCC=C)B1OC2C[C@H]3C[C@H](C3(C)C)[C@@]2(C)O1. The molecule has 6 fully saturated rings. The van der Waals surface area contributed by atoms with Crippen LogP contribution >= 0.6 is 0 Å². The molecule has 2 N–H and O–H groups in total. The maximum Gasteiger partial charge on any atom is 0.481 e. The number of carboxylic acid groups (broad SMARTS) is 1. The Balaban J connectivity index is 0.000000236. The van der Waals surface area contributed by atoms with E-state index >= 15 is 0 Å². The Morgan fingerprint density at radius 1 is 0.703 bits per heavy atom. The zero-order chi connectivity index (χ0) is 52.7. The summed E-state index contributed by atoms with van der Waals surface area (Å²) in [6.45, 7) is 20.3. The number of hydrogen-bond acceptors (Lipinski definition) is 10. The maximum absolute atomic E-state index is 14.2. The van der Waals surface area contributed by atoms with Crippen LogP contribution in [-0.2, 0) is 64.1 Å². The van der Waals surface area contributed by atoms with E-state index in [0.717, 1.165) is 73.6 Å². The fraction of sp³-hybridized carbons (Fsp3) is 0.579. The molecule has 2 aromatic carbocycles. The summed E-state index contributed by atoms with van der Waals surface area (Å²) in [6, 6.07) is 14.1. The van der Waals surface area contributed by atoms with Crippen molar-refractivity contribution in [1.82, 2.24) is 24.9 Å². The van der Waals surface area contributed by atoms with Crippen molar-refractivity contribution in [2.45, 2.75) is 179 Å². The maximum atomic E-state index is 14.2. The first-order valence-electron chi connectivity index (χ1n) is 26.9. The standard InChI is InChI=1S/C38H54BN3O6.C19H22N2O5/c1-6-8-10-11-12-13-18-33(39-47-32-21-28-20-31(37(28,3)4)38(32,5)48-39)40-35(44)30-22-29(25-42(30)34(43)19-9-7-2)46-36(45)41-23-26-16-14-15-17-27(26)24-41;1-2-3-8-17(22)21-12-15(9-16(21)18(23)24)26-19(25)20-10-13-6-4-5-7-14(13)11-20/h6-7,14-17,28-33H,1-2,8-13,18-25H2,3-5H3,(H,40,44);2,4-7,15-16H,1,3,8-12H2,(H,23,24)/t28-,29-,30+,31-,32?,33+,38-;15-,16+/m11/s1. The first kappa shape index (κ1) is 54.3. The highest BCUT2D eigenvalue weighted by molar-refractivity contribution is 6.48. The van der Waals surface area contributed by atoms with Crippen LogP contribution in [0.1, 0.15) is 133 Å². The molecular formula is C57H76BN5O11. The van der Waals surface area contributed by atoms with E-state index in [0.29, 0.717) is 50.9 Å². The minimum Gasteiger partial charge on any atom is -0.480 e. The zero-order valence-corrected chi connectivity index (χ0v) is 43.6. The summed E-state index contributed by atoms with van der Waals surface area (Å²) >= 11 is 0. The number of carboxylic acids is 1. The van der Waals surface area contributed by atoms with Gasteiger partial charge >= 0.3 is 25.3 Å². The molecule has 5 heterocycles. The smallest absolute Gasteiger partial charge is 0.480 e. The van der Waals surface area contributed by atoms with E-state index < -0.39 is 49.6 Å². The third-order valence-electron chi connectivity index (χ3n) is 16.9. The fourth-order valence-electron chi connectivity index (χ4n) is 12.5. The van der Waals surface area contributed by atoms with Crippen LogP contribution in [0.3, 0.4) is 0 Å². The van der Waals surface area contributed by atoms with Gasteiger partial charge in [0.25, 0.3) is 0 Å². The van der Waals surface area contributed by atoms with Crippen LogP contribution in [0, 0.1) is 17.3 Å². The first-order chi connectivity index (χ1) is 35.5. The van der Waals surface area contributed by atoms with Crippen molar-refractivity contribution < 1.29 is 52.7 Å². The molecule has 10 rings (SSSR count). The quantitative estimate of drug-likeness (QED) is 0.0781. The van der Waals surface area contributed by atoms with Crippen molar-refractivity contribution in [3.63, 3.8) is 0 Å². The molecule has 3 saturated heterocycles. The number of rotatable bonds is 19. The first-order valence-corrected chi connectivity index (χ1v) is 26.9. The summed E-state index contributed by atoms with van der Waals surface area (Å²) in [5.74, 6) is -1.04. The lowest BCUT2D eigenvalue weighted by Gasteiger charge is -2.64. The minimum absolute atomic E-state index is 0.00949. The molecule has 17 heteroatoms. The average molecular weight is 1020 g/mol. The Labute approximate surface area is 437 Å². The van der Waals surface area contributed by atoms with Gasteiger partial charge in [0.1, 0.15) is 24.3 Å². The van der Waals surface area contributed by atoms with Gasteiger partial charge < -0.3 is 39.0 Å². The predicted octanol–water partition coefficient (Wildman–Crippen LogP) is 8.51. The molecular weight excluding hydrogens is 941 g/mol. The van der Waals surface area contributed by atoms with Crippen LogP contribution in [-0.4, -0.2) is 123 Å². The molecule has 3 aliphatic carbocycles. The Hall–Kier alpha value is -5.94. The number of hydrogen-bond donors (Lipinski definition) is 2. The molecule has 0 radical (unpaired) electrons. The molecule has 0 aromatic heterocycles. The minimum atomic E-state index is -1.08. The second kappa shape index (κ2) is 23.7. The summed E-state index contributed by atoms with van der Waals surface area (Å²) in [5.41, 5.74) is 4.22. The van der Waals surface area contributed by atoms with E-state index in [-0.39, 0.29) is 79.6 Å². The van der Waals surface area contributed by atoms with E-state index in [4.69, 9.17) is 18.8 Å². The number of allylic oxidation sites excluding steroid dienone is 3. The monoisotopic (exact) mass is 1020 g/mol. The highest BCUT2D eigenvalue weighted by atomic mass is 16.7. The molecule has 5 aliphatic heterocycles. The number of fused-ring (bicyclic) bond motifs is 2. The van der Waals surface area contributed by atoms with Gasteiger partial charge in [-0.15, -0.1) is 19.7 Å². The van der Waals surface area contributed by atoms with Gasteiger partial charge in [-0.2, -0.15) is 0 Å². The number of likely N-dealkylation sites (tertiary alicyclic amines) is 2. The lowest BCUT2D eigenvalue weighted by Crippen LogP contribution is -2.65. The van der Waals surface area contributed by atoms with Crippen molar-refractivity contribution >= 4 is 43.0 Å². The van der Waals surface area contributed by atoms with Gasteiger partial charge in [-0.3, -0.25) is 24.2 Å². The fourth-order valence-corrected chi connectivity index (χ4v) is 12.5. The van der Waals surface area contributed by atoms with E-state index in [9.17, 15) is 33.9 Å². The van der Waals surface area contributed by atoms with Gasteiger partial charge in [0, 0.05) is 51.9 Å². The molecule has 0 spiro atoms. The van der Waals surface area contributed by atoms with Crippen molar-refractivity contribution in [1.29, 1.82) is 0 Å². The number of nitrogens with zero attached hydrogens (tertiary/aromatic N) is 4. The predicted molar refractivity (Wildman–Crippen MR) is 279 cm³/mol. The average Bonchev–Trinajstić information content (AvgIpc) is 4.24. The Morgan fingerprint density at radius 3 is 1.68 bits per heavy atom. The number of nitrogens with one attached hydrogen (secondary N) is 1. The highest BCUT2D eigenvalue weighted by Crippen LogP contribution is 2.65. The van der Waals surface area contributed by atoms with E-state index in [1.807, 2.05) is 54.6 Å². The second-order valence-corrected chi connectivity index (χ2v) is 22.1. The summed E-state index contributed by atoms with van der Waals surface area (Å²) in [5, 5.41) is 12.7. The van der Waals surface area contributed by atoms with Crippen LogP contribution < -0.4 is 5.32 Å². The second-order valence-electron chi connectivity index (χ2n) is 22.1. The van der Waals surface area contributed by atoms with Gasteiger partial charge in [-0.25, -0.2) is 14.4 Å². The van der Waals surface area contributed by atoms with Crippen LogP contribution in [0.25, 0.3) is 0 Å². The third-order valence-corrected chi connectivity index (χ3v) is 16.9. The Kier molecular flexibility index (Phi) is 17.4. The lowest BCUT2D eigenvalue weighted by atomic mass is 9.43. The van der Waals surface area contributed by atoms with Crippen LogP contribution in [0.15, 0.2) is 86.5 Å². The van der Waals surface area contributed by atoms with Crippen molar-refractivity contribution in [2.75, 3.05) is 13.1 Å². The zero-order valence-electron chi connectivity index (χ0n) is 43.6. The summed E-state index contributed by atoms with van der Waals surface area (Å²) in [6.07, 6.45) is 13.0. The molecule has 2 bridgehead atoms. The summed E-state index contributed by atoms with van der Waals surface area (Å²) < 4.78 is 24.9. The van der Waals surface area contributed by atoms with Gasteiger partial charge in [-0.05, 0) is 91.4 Å². The molecule has 398 valence electrons.